The Balaban J connectivity index is 1.70. The highest BCUT2D eigenvalue weighted by Gasteiger charge is 2.30. The molecule has 0 heteroatoms. The van der Waals surface area contributed by atoms with Gasteiger partial charge in [-0.1, -0.05) is 18.9 Å². The van der Waals surface area contributed by atoms with Crippen LogP contribution in [0.1, 0.15) is 71.1 Å². The van der Waals surface area contributed by atoms with E-state index in [1.807, 2.05) is 6.92 Å². The third-order valence-corrected chi connectivity index (χ3v) is 5.46. The van der Waals surface area contributed by atoms with Gasteiger partial charge in [-0.05, 0) is 76.0 Å². The smallest absolute Gasteiger partial charge is 0.0203 e. The number of hydrogen-bond donors (Lipinski definition) is 0. The number of hydrogen-bond acceptors (Lipinski definition) is 0. The topological polar surface area (TPSA) is 0 Å². The molecule has 0 N–H and O–H groups in total. The van der Waals surface area contributed by atoms with Crippen molar-refractivity contribution in [2.75, 3.05) is 0 Å². The highest BCUT2D eigenvalue weighted by atomic mass is 14.3. The zero-order valence-corrected chi connectivity index (χ0v) is 12.7. The van der Waals surface area contributed by atoms with Gasteiger partial charge in [-0.15, -0.1) is 18.4 Å². The van der Waals surface area contributed by atoms with Gasteiger partial charge in [0.25, 0.3) is 0 Å². The van der Waals surface area contributed by atoms with Gasteiger partial charge < -0.3 is 0 Å². The summed E-state index contributed by atoms with van der Waals surface area (Å²) in [5, 5.41) is 0. The summed E-state index contributed by atoms with van der Waals surface area (Å²) in [6.07, 6.45) is 16.3. The summed E-state index contributed by atoms with van der Waals surface area (Å²) in [5.74, 6) is 10.2. The van der Waals surface area contributed by atoms with E-state index < -0.39 is 0 Å². The third kappa shape index (κ3) is 4.41. The minimum absolute atomic E-state index is 0.713. The van der Waals surface area contributed by atoms with Gasteiger partial charge in [0.1, 0.15) is 0 Å². The van der Waals surface area contributed by atoms with Crippen molar-refractivity contribution in [3.8, 4) is 11.8 Å². The van der Waals surface area contributed by atoms with Crippen molar-refractivity contribution in [2.24, 2.45) is 23.7 Å². The van der Waals surface area contributed by atoms with Gasteiger partial charge in [0.05, 0.1) is 0 Å². The molecular formula is C19H30. The highest BCUT2D eigenvalue weighted by Crippen LogP contribution is 2.42. The molecule has 0 spiro atoms. The van der Waals surface area contributed by atoms with Gasteiger partial charge in [-0.2, -0.15) is 0 Å². The lowest BCUT2D eigenvalue weighted by Gasteiger charge is -2.37. The van der Waals surface area contributed by atoms with Crippen LogP contribution in [0.25, 0.3) is 0 Å². The molecular weight excluding hydrogens is 228 g/mol. The maximum absolute atomic E-state index is 3.84. The minimum atomic E-state index is 0.713. The maximum atomic E-state index is 3.84. The number of rotatable bonds is 4. The molecule has 2 saturated carbocycles. The first-order chi connectivity index (χ1) is 9.33. The molecule has 0 aromatic carbocycles. The summed E-state index contributed by atoms with van der Waals surface area (Å²) in [6, 6.07) is 0. The van der Waals surface area contributed by atoms with Crippen LogP contribution in [-0.4, -0.2) is 0 Å². The molecule has 2 fully saturated rings. The van der Waals surface area contributed by atoms with Crippen molar-refractivity contribution in [1.82, 2.24) is 0 Å². The first-order valence-electron chi connectivity index (χ1n) is 8.36. The Hall–Kier alpha value is -0.700. The van der Waals surface area contributed by atoms with Crippen LogP contribution in [0.4, 0.5) is 0 Å². The van der Waals surface area contributed by atoms with Gasteiger partial charge in [-0.25, -0.2) is 0 Å². The highest BCUT2D eigenvalue weighted by molar-refractivity contribution is 5.02. The number of allylic oxidation sites excluding steroid dienone is 1. The van der Waals surface area contributed by atoms with Gasteiger partial charge in [0, 0.05) is 5.92 Å². The van der Waals surface area contributed by atoms with E-state index in [0.29, 0.717) is 5.92 Å². The fourth-order valence-corrected chi connectivity index (χ4v) is 4.24. The Bertz CT molecular complexity index is 314. The normalized spacial score (nSPS) is 35.2. The second-order valence-corrected chi connectivity index (χ2v) is 6.65. The Morgan fingerprint density at radius 2 is 1.53 bits per heavy atom. The lowest BCUT2D eigenvalue weighted by molar-refractivity contribution is 0.154. The van der Waals surface area contributed by atoms with E-state index in [1.54, 1.807) is 0 Å². The van der Waals surface area contributed by atoms with Crippen molar-refractivity contribution in [1.29, 1.82) is 0 Å². The fourth-order valence-electron chi connectivity index (χ4n) is 4.24. The van der Waals surface area contributed by atoms with Crippen LogP contribution in [0.5, 0.6) is 0 Å². The van der Waals surface area contributed by atoms with E-state index in [9.17, 15) is 0 Å². The van der Waals surface area contributed by atoms with E-state index in [4.69, 9.17) is 0 Å². The van der Waals surface area contributed by atoms with E-state index >= 15 is 0 Å². The van der Waals surface area contributed by atoms with Crippen LogP contribution in [0, 0.1) is 35.5 Å². The summed E-state index contributed by atoms with van der Waals surface area (Å²) < 4.78 is 0. The van der Waals surface area contributed by atoms with Gasteiger partial charge >= 0.3 is 0 Å². The largest absolute Gasteiger partial charge is 0.106 e. The SMILES string of the molecule is C=CCCC1CCC(C2CCC(C#CC)CC2)CC1. The Kier molecular flexibility index (Phi) is 6.02. The lowest BCUT2D eigenvalue weighted by atomic mass is 9.69. The van der Waals surface area contributed by atoms with E-state index in [0.717, 1.165) is 17.8 Å². The average Bonchev–Trinajstić information content (AvgIpc) is 2.47. The van der Waals surface area contributed by atoms with Crippen LogP contribution in [0.2, 0.25) is 0 Å². The first-order valence-corrected chi connectivity index (χ1v) is 8.36. The lowest BCUT2D eigenvalue weighted by Crippen LogP contribution is -2.25. The van der Waals surface area contributed by atoms with E-state index in [2.05, 4.69) is 24.5 Å². The summed E-state index contributed by atoms with van der Waals surface area (Å²) in [4.78, 5) is 0. The summed E-state index contributed by atoms with van der Waals surface area (Å²) in [7, 11) is 0. The summed E-state index contributed by atoms with van der Waals surface area (Å²) in [6.45, 7) is 5.83. The van der Waals surface area contributed by atoms with Gasteiger partial charge in [-0.3, -0.25) is 0 Å². The van der Waals surface area contributed by atoms with Crippen LogP contribution >= 0.6 is 0 Å². The minimum Gasteiger partial charge on any atom is -0.106 e. The molecule has 0 bridgehead atoms. The maximum Gasteiger partial charge on any atom is 0.0203 e. The van der Waals surface area contributed by atoms with Crippen molar-refractivity contribution >= 4 is 0 Å². The fraction of sp³-hybridized carbons (Fsp3) is 0.789. The zero-order valence-electron chi connectivity index (χ0n) is 12.7. The Labute approximate surface area is 120 Å². The molecule has 0 saturated heterocycles. The summed E-state index contributed by atoms with van der Waals surface area (Å²) >= 11 is 0. The predicted molar refractivity (Wildman–Crippen MR) is 83.8 cm³/mol. The molecule has 2 rings (SSSR count). The molecule has 2 aliphatic carbocycles. The molecule has 106 valence electrons. The van der Waals surface area contributed by atoms with Crippen molar-refractivity contribution in [3.05, 3.63) is 12.7 Å². The predicted octanol–water partition coefficient (Wildman–Crippen LogP) is 5.59. The Morgan fingerprint density at radius 1 is 0.947 bits per heavy atom. The Morgan fingerprint density at radius 3 is 2.05 bits per heavy atom. The third-order valence-electron chi connectivity index (χ3n) is 5.46. The molecule has 0 aromatic rings. The van der Waals surface area contributed by atoms with Crippen LogP contribution in [0.15, 0.2) is 12.7 Å². The van der Waals surface area contributed by atoms with Crippen molar-refractivity contribution in [3.63, 3.8) is 0 Å². The molecule has 0 aromatic heterocycles. The standard InChI is InChI=1S/C19H30/c1-3-5-7-17-10-14-19(15-11-17)18-12-8-16(6-4-2)9-13-18/h3,16-19H,1,5,7-15H2,2H3. The molecule has 0 nitrogen and oxygen atoms in total. The molecule has 0 unspecified atom stereocenters. The van der Waals surface area contributed by atoms with Crippen molar-refractivity contribution in [2.45, 2.75) is 71.1 Å². The average molecular weight is 258 g/mol. The summed E-state index contributed by atoms with van der Waals surface area (Å²) in [5.41, 5.74) is 0. The van der Waals surface area contributed by atoms with Gasteiger partial charge in [0.15, 0.2) is 0 Å². The molecule has 0 radical (unpaired) electrons. The second-order valence-electron chi connectivity index (χ2n) is 6.65. The molecule has 0 amide bonds. The van der Waals surface area contributed by atoms with Crippen molar-refractivity contribution < 1.29 is 0 Å². The molecule has 0 aliphatic heterocycles. The van der Waals surface area contributed by atoms with E-state index in [1.165, 1.54) is 64.2 Å². The first kappa shape index (κ1) is 14.7. The van der Waals surface area contributed by atoms with Crippen LogP contribution < -0.4 is 0 Å². The van der Waals surface area contributed by atoms with Gasteiger partial charge in [0.2, 0.25) is 0 Å². The zero-order chi connectivity index (χ0) is 13.5. The quantitative estimate of drug-likeness (QED) is 0.455. The van der Waals surface area contributed by atoms with Crippen LogP contribution in [0.3, 0.4) is 0 Å². The molecule has 19 heavy (non-hydrogen) atoms. The molecule has 0 heterocycles. The second kappa shape index (κ2) is 7.78. The monoisotopic (exact) mass is 258 g/mol. The van der Waals surface area contributed by atoms with Crippen LogP contribution in [-0.2, 0) is 0 Å². The molecule has 2 aliphatic rings. The molecule has 0 atom stereocenters. The van der Waals surface area contributed by atoms with E-state index in [-0.39, 0.29) is 0 Å².